The molecule has 0 atom stereocenters. The van der Waals surface area contributed by atoms with Crippen molar-refractivity contribution < 1.29 is 14.6 Å². The van der Waals surface area contributed by atoms with Crippen molar-refractivity contribution in [3.8, 4) is 5.75 Å². The first kappa shape index (κ1) is 11.3. The fourth-order valence-corrected chi connectivity index (χ4v) is 1.16. The number of hydrogen-bond donors (Lipinski definition) is 1. The third kappa shape index (κ3) is 3.85. The van der Waals surface area contributed by atoms with E-state index in [0.29, 0.717) is 6.42 Å². The number of phenolic OH excluding ortho intramolecular Hbond substituents is 1. The van der Waals surface area contributed by atoms with Gasteiger partial charge in [-0.2, -0.15) is 0 Å². The summed E-state index contributed by atoms with van der Waals surface area (Å²) in [4.78, 5) is 10.8. The average Bonchev–Trinajstić information content (AvgIpc) is 2.26. The number of hydrogen-bond acceptors (Lipinski definition) is 3. The molecule has 3 nitrogen and oxygen atoms in total. The number of phenols is 1. The van der Waals surface area contributed by atoms with Gasteiger partial charge in [-0.1, -0.05) is 30.4 Å². The molecule has 0 fully saturated rings. The van der Waals surface area contributed by atoms with Gasteiger partial charge in [0.25, 0.3) is 0 Å². The number of methoxy groups -OCH3 is 1. The first-order chi connectivity index (χ1) is 7.24. The van der Waals surface area contributed by atoms with Crippen LogP contribution in [0.15, 0.2) is 36.4 Å². The molecule has 0 aromatic heterocycles. The SMILES string of the molecule is COC(=O)C/C=C\Cc1ccccc1O. The van der Waals surface area contributed by atoms with Crippen LogP contribution >= 0.6 is 0 Å². The molecule has 1 aromatic rings. The van der Waals surface area contributed by atoms with Crippen molar-refractivity contribution in [2.45, 2.75) is 12.8 Å². The maximum absolute atomic E-state index is 10.8. The van der Waals surface area contributed by atoms with Gasteiger partial charge in [0, 0.05) is 0 Å². The second-order valence-corrected chi connectivity index (χ2v) is 3.08. The van der Waals surface area contributed by atoms with Crippen LogP contribution in [0.5, 0.6) is 5.75 Å². The Labute approximate surface area is 89.0 Å². The van der Waals surface area contributed by atoms with Crippen LogP contribution in [0.2, 0.25) is 0 Å². The van der Waals surface area contributed by atoms with Crippen LogP contribution in [0.1, 0.15) is 12.0 Å². The van der Waals surface area contributed by atoms with Gasteiger partial charge in [0.05, 0.1) is 13.5 Å². The molecule has 0 heterocycles. The van der Waals surface area contributed by atoms with Crippen LogP contribution in [-0.4, -0.2) is 18.2 Å². The Hall–Kier alpha value is -1.77. The number of ether oxygens (including phenoxy) is 1. The van der Waals surface area contributed by atoms with Crippen molar-refractivity contribution in [3.05, 3.63) is 42.0 Å². The summed E-state index contributed by atoms with van der Waals surface area (Å²) in [7, 11) is 1.36. The molecule has 0 aliphatic carbocycles. The standard InChI is InChI=1S/C12H14O3/c1-15-12(14)9-5-3-7-10-6-2-4-8-11(10)13/h2-6,8,13H,7,9H2,1H3/b5-3-. The Morgan fingerprint density at radius 1 is 1.40 bits per heavy atom. The van der Waals surface area contributed by atoms with Gasteiger partial charge in [-0.15, -0.1) is 0 Å². The third-order valence-electron chi connectivity index (χ3n) is 2.01. The number of allylic oxidation sites excluding steroid dienone is 1. The van der Waals surface area contributed by atoms with Gasteiger partial charge in [-0.05, 0) is 18.1 Å². The van der Waals surface area contributed by atoms with E-state index >= 15 is 0 Å². The number of rotatable bonds is 4. The summed E-state index contributed by atoms with van der Waals surface area (Å²) >= 11 is 0. The molecule has 0 aliphatic rings. The molecular formula is C12H14O3. The van der Waals surface area contributed by atoms with E-state index in [1.807, 2.05) is 18.2 Å². The largest absolute Gasteiger partial charge is 0.508 e. The maximum Gasteiger partial charge on any atom is 0.309 e. The molecule has 0 saturated heterocycles. The number of carbonyl (C=O) groups is 1. The van der Waals surface area contributed by atoms with E-state index in [2.05, 4.69) is 4.74 Å². The van der Waals surface area contributed by atoms with Gasteiger partial charge in [-0.3, -0.25) is 4.79 Å². The molecule has 0 saturated carbocycles. The van der Waals surface area contributed by atoms with Crippen LogP contribution < -0.4 is 0 Å². The third-order valence-corrected chi connectivity index (χ3v) is 2.01. The van der Waals surface area contributed by atoms with Crippen LogP contribution in [-0.2, 0) is 16.0 Å². The zero-order chi connectivity index (χ0) is 11.1. The van der Waals surface area contributed by atoms with E-state index in [9.17, 15) is 9.90 Å². The van der Waals surface area contributed by atoms with Crippen molar-refractivity contribution in [2.75, 3.05) is 7.11 Å². The average molecular weight is 206 g/mol. The highest BCUT2D eigenvalue weighted by Gasteiger charge is 1.97. The molecule has 3 heteroatoms. The van der Waals surface area contributed by atoms with Gasteiger partial charge in [-0.25, -0.2) is 0 Å². The molecule has 80 valence electrons. The normalized spacial score (nSPS) is 10.5. The molecular weight excluding hydrogens is 192 g/mol. The molecule has 0 bridgehead atoms. The fourth-order valence-electron chi connectivity index (χ4n) is 1.16. The number of benzene rings is 1. The molecule has 1 aromatic carbocycles. The Kier molecular flexibility index (Phi) is 4.41. The predicted octanol–water partition coefficient (Wildman–Crippen LogP) is 2.05. The molecule has 1 rings (SSSR count). The monoisotopic (exact) mass is 206 g/mol. The number of aromatic hydroxyl groups is 1. The van der Waals surface area contributed by atoms with Crippen molar-refractivity contribution >= 4 is 5.97 Å². The first-order valence-corrected chi connectivity index (χ1v) is 4.72. The minimum absolute atomic E-state index is 0.261. The van der Waals surface area contributed by atoms with Gasteiger partial charge in [0.15, 0.2) is 0 Å². The Morgan fingerprint density at radius 3 is 2.80 bits per heavy atom. The molecule has 1 N–H and O–H groups in total. The summed E-state index contributed by atoms with van der Waals surface area (Å²) < 4.78 is 4.49. The lowest BCUT2D eigenvalue weighted by Gasteiger charge is -1.99. The summed E-state index contributed by atoms with van der Waals surface area (Å²) in [5.41, 5.74) is 0.846. The van der Waals surface area contributed by atoms with E-state index < -0.39 is 0 Å². The lowest BCUT2D eigenvalue weighted by atomic mass is 10.1. The van der Waals surface area contributed by atoms with Gasteiger partial charge in [0.1, 0.15) is 5.75 Å². The topological polar surface area (TPSA) is 46.5 Å². The number of para-hydroxylation sites is 1. The van der Waals surface area contributed by atoms with Gasteiger partial charge >= 0.3 is 5.97 Å². The smallest absolute Gasteiger partial charge is 0.309 e. The predicted molar refractivity (Wildman–Crippen MR) is 57.6 cm³/mol. The summed E-state index contributed by atoms with van der Waals surface area (Å²) in [6.07, 6.45) is 4.46. The minimum Gasteiger partial charge on any atom is -0.508 e. The second-order valence-electron chi connectivity index (χ2n) is 3.08. The fraction of sp³-hybridized carbons (Fsp3) is 0.250. The molecule has 0 unspecified atom stereocenters. The van der Waals surface area contributed by atoms with Crippen molar-refractivity contribution in [1.29, 1.82) is 0 Å². The van der Waals surface area contributed by atoms with E-state index in [0.717, 1.165) is 5.56 Å². The van der Waals surface area contributed by atoms with Gasteiger partial charge in [0.2, 0.25) is 0 Å². The first-order valence-electron chi connectivity index (χ1n) is 4.72. The van der Waals surface area contributed by atoms with Crippen molar-refractivity contribution in [3.63, 3.8) is 0 Å². The number of carbonyl (C=O) groups excluding carboxylic acids is 1. The lowest BCUT2D eigenvalue weighted by molar-refractivity contribution is -0.139. The Bertz CT molecular complexity index is 356. The van der Waals surface area contributed by atoms with Crippen LogP contribution in [0.4, 0.5) is 0 Å². The molecule has 15 heavy (non-hydrogen) atoms. The zero-order valence-corrected chi connectivity index (χ0v) is 8.64. The Morgan fingerprint density at radius 2 is 2.13 bits per heavy atom. The minimum atomic E-state index is -0.261. The quantitative estimate of drug-likeness (QED) is 0.605. The van der Waals surface area contributed by atoms with E-state index in [1.54, 1.807) is 18.2 Å². The summed E-state index contributed by atoms with van der Waals surface area (Å²) in [6, 6.07) is 7.13. The van der Waals surface area contributed by atoms with E-state index in [-0.39, 0.29) is 18.1 Å². The molecule has 0 radical (unpaired) electrons. The van der Waals surface area contributed by atoms with Crippen molar-refractivity contribution in [1.82, 2.24) is 0 Å². The molecule has 0 amide bonds. The van der Waals surface area contributed by atoms with E-state index in [1.165, 1.54) is 7.11 Å². The zero-order valence-electron chi connectivity index (χ0n) is 8.64. The van der Waals surface area contributed by atoms with Gasteiger partial charge < -0.3 is 9.84 Å². The molecule has 0 aliphatic heterocycles. The highest BCUT2D eigenvalue weighted by atomic mass is 16.5. The number of esters is 1. The van der Waals surface area contributed by atoms with Crippen LogP contribution in [0.3, 0.4) is 0 Å². The highest BCUT2D eigenvalue weighted by Crippen LogP contribution is 2.16. The van der Waals surface area contributed by atoms with E-state index in [4.69, 9.17) is 0 Å². The Balaban J connectivity index is 2.44. The summed E-state index contributed by atoms with van der Waals surface area (Å²) in [5.74, 6) is 0.0174. The second kappa shape index (κ2) is 5.86. The molecule has 0 spiro atoms. The lowest BCUT2D eigenvalue weighted by Crippen LogP contribution is -1.96. The highest BCUT2D eigenvalue weighted by molar-refractivity contribution is 5.70. The summed E-state index contributed by atoms with van der Waals surface area (Å²) in [6.45, 7) is 0. The van der Waals surface area contributed by atoms with Crippen LogP contribution in [0, 0.1) is 0 Å². The summed E-state index contributed by atoms with van der Waals surface area (Å²) in [5, 5.41) is 9.44. The maximum atomic E-state index is 10.8. The van der Waals surface area contributed by atoms with Crippen LogP contribution in [0.25, 0.3) is 0 Å². The van der Waals surface area contributed by atoms with Crippen molar-refractivity contribution in [2.24, 2.45) is 0 Å².